The van der Waals surface area contributed by atoms with Gasteiger partial charge in [-0.05, 0) is 39.0 Å². The average molecular weight is 293 g/mol. The van der Waals surface area contributed by atoms with Gasteiger partial charge < -0.3 is 15.8 Å². The number of halogens is 2. The molecule has 0 heterocycles. The summed E-state index contributed by atoms with van der Waals surface area (Å²) in [6.45, 7) is 5.46. The van der Waals surface area contributed by atoms with Crippen molar-refractivity contribution in [2.75, 3.05) is 5.32 Å². The molecule has 102 valence electrons. The van der Waals surface area contributed by atoms with E-state index in [0.29, 0.717) is 16.5 Å². The van der Waals surface area contributed by atoms with Crippen LogP contribution >= 0.6 is 24.0 Å². The van der Waals surface area contributed by atoms with Gasteiger partial charge in [0.2, 0.25) is 5.91 Å². The number of carbonyl (C=O) groups is 1. The first-order valence-electron chi connectivity index (χ1n) is 5.43. The maximum absolute atomic E-state index is 11.4. The Morgan fingerprint density at radius 2 is 2.00 bits per heavy atom. The Kier molecular flexibility index (Phi) is 7.06. The summed E-state index contributed by atoms with van der Waals surface area (Å²) in [5, 5.41) is 3.12. The van der Waals surface area contributed by atoms with E-state index in [9.17, 15) is 4.79 Å². The number of carbonyl (C=O) groups excluding carboxylic acids is 1. The van der Waals surface area contributed by atoms with Crippen LogP contribution in [0.1, 0.15) is 20.8 Å². The van der Waals surface area contributed by atoms with Crippen LogP contribution in [0.4, 0.5) is 5.69 Å². The van der Waals surface area contributed by atoms with Crippen LogP contribution in [0.5, 0.6) is 5.75 Å². The molecule has 0 saturated carbocycles. The Bertz CT molecular complexity index is 409. The highest BCUT2D eigenvalue weighted by Crippen LogP contribution is 2.28. The topological polar surface area (TPSA) is 64.3 Å². The quantitative estimate of drug-likeness (QED) is 0.897. The molecule has 0 aliphatic carbocycles. The van der Waals surface area contributed by atoms with Crippen LogP contribution in [-0.2, 0) is 4.79 Å². The van der Waals surface area contributed by atoms with Crippen molar-refractivity contribution >= 4 is 35.6 Å². The van der Waals surface area contributed by atoms with Gasteiger partial charge >= 0.3 is 0 Å². The Morgan fingerprint density at radius 1 is 1.39 bits per heavy atom. The fourth-order valence-electron chi connectivity index (χ4n) is 1.18. The maximum Gasteiger partial charge on any atom is 0.240 e. The minimum atomic E-state index is -0.555. The van der Waals surface area contributed by atoms with E-state index in [1.807, 2.05) is 13.8 Å². The van der Waals surface area contributed by atoms with Gasteiger partial charge in [0.1, 0.15) is 5.75 Å². The minimum Gasteiger partial charge on any atom is -0.489 e. The lowest BCUT2D eigenvalue weighted by atomic mass is 10.2. The van der Waals surface area contributed by atoms with Crippen molar-refractivity contribution in [3.05, 3.63) is 23.2 Å². The molecular weight excluding hydrogens is 275 g/mol. The molecule has 18 heavy (non-hydrogen) atoms. The van der Waals surface area contributed by atoms with Gasteiger partial charge in [0.05, 0.1) is 17.2 Å². The van der Waals surface area contributed by atoms with Gasteiger partial charge in [0.25, 0.3) is 0 Å². The Balaban J connectivity index is 0.00000289. The van der Waals surface area contributed by atoms with E-state index in [1.54, 1.807) is 25.1 Å². The zero-order valence-corrected chi connectivity index (χ0v) is 12.1. The largest absolute Gasteiger partial charge is 0.489 e. The molecule has 0 aliphatic heterocycles. The first-order valence-corrected chi connectivity index (χ1v) is 5.80. The van der Waals surface area contributed by atoms with Crippen molar-refractivity contribution in [2.45, 2.75) is 32.9 Å². The van der Waals surface area contributed by atoms with E-state index in [1.165, 1.54) is 0 Å². The van der Waals surface area contributed by atoms with E-state index >= 15 is 0 Å². The number of nitrogens with one attached hydrogen (secondary N) is 1. The molecule has 3 N–H and O–H groups in total. The fraction of sp³-hybridized carbons (Fsp3) is 0.417. The average Bonchev–Trinajstić information content (AvgIpc) is 2.21. The van der Waals surface area contributed by atoms with E-state index in [0.717, 1.165) is 0 Å². The number of hydrogen-bond donors (Lipinski definition) is 2. The molecule has 0 bridgehead atoms. The van der Waals surface area contributed by atoms with E-state index in [4.69, 9.17) is 22.1 Å². The Morgan fingerprint density at radius 3 is 2.44 bits per heavy atom. The summed E-state index contributed by atoms with van der Waals surface area (Å²) in [4.78, 5) is 11.4. The van der Waals surface area contributed by atoms with Gasteiger partial charge in [0, 0.05) is 5.69 Å². The summed E-state index contributed by atoms with van der Waals surface area (Å²) in [6, 6.07) is 4.53. The van der Waals surface area contributed by atoms with Gasteiger partial charge in [-0.2, -0.15) is 0 Å². The third kappa shape index (κ3) is 5.12. The second-order valence-electron chi connectivity index (χ2n) is 4.09. The van der Waals surface area contributed by atoms with Crippen LogP contribution in [0.2, 0.25) is 5.02 Å². The summed E-state index contributed by atoms with van der Waals surface area (Å²) in [5.41, 5.74) is 6.05. The number of hydrogen-bond acceptors (Lipinski definition) is 3. The molecule has 4 nitrogen and oxygen atoms in total. The van der Waals surface area contributed by atoms with Crippen LogP contribution in [0.3, 0.4) is 0 Å². The van der Waals surface area contributed by atoms with Crippen molar-refractivity contribution < 1.29 is 9.53 Å². The van der Waals surface area contributed by atoms with Crippen LogP contribution in [-0.4, -0.2) is 18.1 Å². The normalized spacial score (nSPS) is 11.7. The third-order valence-electron chi connectivity index (χ3n) is 1.98. The monoisotopic (exact) mass is 292 g/mol. The highest BCUT2D eigenvalue weighted by Gasteiger charge is 2.09. The molecular formula is C12H18Cl2N2O2. The summed E-state index contributed by atoms with van der Waals surface area (Å²) < 4.78 is 5.48. The second-order valence-corrected chi connectivity index (χ2v) is 4.50. The molecule has 0 spiro atoms. The lowest BCUT2D eigenvalue weighted by Crippen LogP contribution is -2.32. The molecule has 0 radical (unpaired) electrons. The van der Waals surface area contributed by atoms with Crippen molar-refractivity contribution in [1.82, 2.24) is 0 Å². The summed E-state index contributed by atoms with van der Waals surface area (Å²) >= 11 is 6.03. The number of benzene rings is 1. The number of anilines is 1. The van der Waals surface area contributed by atoms with Crippen LogP contribution in [0.25, 0.3) is 0 Å². The van der Waals surface area contributed by atoms with Gasteiger partial charge in [0.15, 0.2) is 0 Å². The zero-order chi connectivity index (χ0) is 13.0. The molecule has 1 aromatic carbocycles. The lowest BCUT2D eigenvalue weighted by Gasteiger charge is -2.13. The van der Waals surface area contributed by atoms with Crippen molar-refractivity contribution in [1.29, 1.82) is 0 Å². The van der Waals surface area contributed by atoms with Crippen LogP contribution < -0.4 is 15.8 Å². The van der Waals surface area contributed by atoms with Crippen LogP contribution in [0.15, 0.2) is 18.2 Å². The highest BCUT2D eigenvalue weighted by atomic mass is 35.5. The predicted molar refractivity (Wildman–Crippen MR) is 76.7 cm³/mol. The van der Waals surface area contributed by atoms with Gasteiger partial charge in [-0.3, -0.25) is 4.79 Å². The molecule has 1 rings (SSSR count). The van der Waals surface area contributed by atoms with Crippen molar-refractivity contribution in [3.63, 3.8) is 0 Å². The molecule has 0 aromatic heterocycles. The minimum absolute atomic E-state index is 0. The van der Waals surface area contributed by atoms with Gasteiger partial charge in [-0.15, -0.1) is 12.4 Å². The predicted octanol–water partition coefficient (Wildman–Crippen LogP) is 2.83. The van der Waals surface area contributed by atoms with E-state index in [-0.39, 0.29) is 24.4 Å². The first-order chi connectivity index (χ1) is 7.90. The van der Waals surface area contributed by atoms with E-state index in [2.05, 4.69) is 5.32 Å². The summed E-state index contributed by atoms with van der Waals surface area (Å²) in [5.74, 6) is 0.346. The number of amides is 1. The second kappa shape index (κ2) is 7.46. The molecule has 1 aromatic rings. The molecule has 1 atom stereocenters. The highest BCUT2D eigenvalue weighted by molar-refractivity contribution is 6.32. The summed E-state index contributed by atoms with van der Waals surface area (Å²) in [6.07, 6.45) is 0.0528. The number of ether oxygens (including phenoxy) is 1. The van der Waals surface area contributed by atoms with Crippen LogP contribution in [0, 0.1) is 0 Å². The molecule has 0 saturated heterocycles. The smallest absolute Gasteiger partial charge is 0.240 e. The first kappa shape index (κ1) is 17.0. The molecule has 0 unspecified atom stereocenters. The van der Waals surface area contributed by atoms with Gasteiger partial charge in [-0.1, -0.05) is 11.6 Å². The fourth-order valence-corrected chi connectivity index (χ4v) is 1.41. The number of rotatable bonds is 4. The van der Waals surface area contributed by atoms with Crippen molar-refractivity contribution in [2.24, 2.45) is 5.73 Å². The van der Waals surface area contributed by atoms with E-state index < -0.39 is 6.04 Å². The maximum atomic E-state index is 11.4. The zero-order valence-electron chi connectivity index (χ0n) is 10.6. The standard InChI is InChI=1S/C12H17ClN2O2.ClH/c1-7(2)17-11-5-4-9(6-10(11)13)15-12(16)8(3)14;/h4-8H,14H2,1-3H3,(H,15,16);1H/t8-;/m1./s1. The molecule has 0 fully saturated rings. The number of nitrogens with two attached hydrogens (primary N) is 1. The molecule has 1 amide bonds. The Labute approximate surface area is 118 Å². The lowest BCUT2D eigenvalue weighted by molar-refractivity contribution is -0.117. The molecule has 0 aliphatic rings. The van der Waals surface area contributed by atoms with Crippen molar-refractivity contribution in [3.8, 4) is 5.75 Å². The third-order valence-corrected chi connectivity index (χ3v) is 2.27. The van der Waals surface area contributed by atoms with Gasteiger partial charge in [-0.25, -0.2) is 0 Å². The SMILES string of the molecule is CC(C)Oc1ccc(NC(=O)[C@@H](C)N)cc1Cl.Cl. The summed E-state index contributed by atoms with van der Waals surface area (Å²) in [7, 11) is 0. The Hall–Kier alpha value is -0.970. The molecule has 6 heteroatoms.